The van der Waals surface area contributed by atoms with Crippen LogP contribution < -0.4 is 0 Å². The maximum atomic E-state index is 14.1. The maximum Gasteiger partial charge on any atom is 0.335 e. The largest absolute Gasteiger partial charge is 0.478 e. The molecular weight excluding hydrogens is 358 g/mol. The van der Waals surface area contributed by atoms with Gasteiger partial charge in [-0.15, -0.1) is 0 Å². The SMILES string of the molecule is O=C(O)c1cc(Cl)cc(-c2ccc(Br)c(Cl)c2F)c1. The van der Waals surface area contributed by atoms with Crippen molar-refractivity contribution in [2.45, 2.75) is 0 Å². The van der Waals surface area contributed by atoms with Gasteiger partial charge in [0.1, 0.15) is 0 Å². The molecule has 0 saturated heterocycles. The van der Waals surface area contributed by atoms with Crippen LogP contribution in [0.5, 0.6) is 0 Å². The second-order valence-electron chi connectivity index (χ2n) is 3.76. The van der Waals surface area contributed by atoms with Crippen molar-refractivity contribution in [3.63, 3.8) is 0 Å². The molecule has 2 aromatic carbocycles. The van der Waals surface area contributed by atoms with Gasteiger partial charge in [-0.25, -0.2) is 9.18 Å². The van der Waals surface area contributed by atoms with Crippen molar-refractivity contribution >= 4 is 45.1 Å². The van der Waals surface area contributed by atoms with E-state index in [0.717, 1.165) is 0 Å². The Balaban J connectivity index is 2.65. The molecule has 0 bridgehead atoms. The summed E-state index contributed by atoms with van der Waals surface area (Å²) in [7, 11) is 0. The first kappa shape index (κ1) is 14.3. The quantitative estimate of drug-likeness (QED) is 0.739. The van der Waals surface area contributed by atoms with Gasteiger partial charge in [0.15, 0.2) is 5.82 Å². The van der Waals surface area contributed by atoms with Crippen LogP contribution in [0.15, 0.2) is 34.8 Å². The molecule has 0 amide bonds. The van der Waals surface area contributed by atoms with E-state index in [1.54, 1.807) is 6.07 Å². The second-order valence-corrected chi connectivity index (χ2v) is 5.43. The van der Waals surface area contributed by atoms with Crippen LogP contribution in [0.1, 0.15) is 10.4 Å². The Morgan fingerprint density at radius 3 is 2.53 bits per heavy atom. The first-order chi connectivity index (χ1) is 8.90. The number of carboxylic acids is 1. The third kappa shape index (κ3) is 2.91. The molecule has 2 aromatic rings. The summed E-state index contributed by atoms with van der Waals surface area (Å²) in [6.45, 7) is 0. The van der Waals surface area contributed by atoms with E-state index in [9.17, 15) is 9.18 Å². The van der Waals surface area contributed by atoms with Gasteiger partial charge in [-0.05, 0) is 45.8 Å². The summed E-state index contributed by atoms with van der Waals surface area (Å²) in [6.07, 6.45) is 0. The predicted molar refractivity (Wildman–Crippen MR) is 76.5 cm³/mol. The minimum absolute atomic E-state index is 0.0130. The van der Waals surface area contributed by atoms with E-state index in [1.165, 1.54) is 24.3 Å². The second kappa shape index (κ2) is 5.49. The predicted octanol–water partition coefficient (Wildman–Crippen LogP) is 5.26. The van der Waals surface area contributed by atoms with E-state index in [-0.39, 0.29) is 21.2 Å². The highest BCUT2D eigenvalue weighted by Gasteiger charge is 2.14. The molecule has 19 heavy (non-hydrogen) atoms. The zero-order chi connectivity index (χ0) is 14.2. The van der Waals surface area contributed by atoms with Gasteiger partial charge < -0.3 is 5.11 Å². The Morgan fingerprint density at radius 2 is 1.89 bits per heavy atom. The van der Waals surface area contributed by atoms with Crippen molar-refractivity contribution in [2.24, 2.45) is 0 Å². The van der Waals surface area contributed by atoms with Crippen molar-refractivity contribution in [1.29, 1.82) is 0 Å². The van der Waals surface area contributed by atoms with Crippen molar-refractivity contribution < 1.29 is 14.3 Å². The molecule has 0 aliphatic carbocycles. The molecule has 6 heteroatoms. The van der Waals surface area contributed by atoms with E-state index in [2.05, 4.69) is 15.9 Å². The highest BCUT2D eigenvalue weighted by atomic mass is 79.9. The van der Waals surface area contributed by atoms with Gasteiger partial charge in [-0.2, -0.15) is 0 Å². The fourth-order valence-corrected chi connectivity index (χ4v) is 2.32. The molecule has 0 atom stereocenters. The molecule has 1 N–H and O–H groups in total. The molecule has 0 aliphatic rings. The molecule has 98 valence electrons. The standard InChI is InChI=1S/C13H6BrCl2FO2/c14-10-2-1-9(12(17)11(10)16)6-3-7(13(18)19)5-8(15)4-6/h1-5H,(H,18,19). The van der Waals surface area contributed by atoms with Crippen molar-refractivity contribution in [3.8, 4) is 11.1 Å². The van der Waals surface area contributed by atoms with Crippen LogP contribution in [0.2, 0.25) is 10.0 Å². The summed E-state index contributed by atoms with van der Waals surface area (Å²) < 4.78 is 14.5. The number of hydrogen-bond donors (Lipinski definition) is 1. The zero-order valence-corrected chi connectivity index (χ0v) is 12.4. The van der Waals surface area contributed by atoms with Gasteiger partial charge in [0, 0.05) is 15.1 Å². The van der Waals surface area contributed by atoms with E-state index in [0.29, 0.717) is 10.0 Å². The molecule has 2 rings (SSSR count). The molecular formula is C13H6BrCl2FO2. The highest BCUT2D eigenvalue weighted by molar-refractivity contribution is 9.10. The lowest BCUT2D eigenvalue weighted by Crippen LogP contribution is -1.97. The normalized spacial score (nSPS) is 10.5. The lowest BCUT2D eigenvalue weighted by Gasteiger charge is -2.08. The van der Waals surface area contributed by atoms with Crippen LogP contribution in [0, 0.1) is 5.82 Å². The monoisotopic (exact) mass is 362 g/mol. The molecule has 0 aliphatic heterocycles. The van der Waals surface area contributed by atoms with Gasteiger partial charge in [0.05, 0.1) is 10.6 Å². The molecule has 0 unspecified atom stereocenters. The third-order valence-electron chi connectivity index (χ3n) is 2.49. The molecule has 0 fully saturated rings. The maximum absolute atomic E-state index is 14.1. The van der Waals surface area contributed by atoms with Gasteiger partial charge in [0.25, 0.3) is 0 Å². The van der Waals surface area contributed by atoms with Crippen LogP contribution in [-0.2, 0) is 0 Å². The summed E-state index contributed by atoms with van der Waals surface area (Å²) >= 11 is 14.8. The van der Waals surface area contributed by atoms with E-state index in [1.807, 2.05) is 0 Å². The van der Waals surface area contributed by atoms with Crippen LogP contribution >= 0.6 is 39.1 Å². The fraction of sp³-hybridized carbons (Fsp3) is 0. The molecule has 0 spiro atoms. The molecule has 2 nitrogen and oxygen atoms in total. The number of hydrogen-bond acceptors (Lipinski definition) is 1. The molecule has 0 heterocycles. The Labute approximate surface area is 126 Å². The number of carboxylic acid groups (broad SMARTS) is 1. The number of carbonyl (C=O) groups is 1. The van der Waals surface area contributed by atoms with Crippen molar-refractivity contribution in [2.75, 3.05) is 0 Å². The summed E-state index contributed by atoms with van der Waals surface area (Å²) in [5.74, 6) is -1.76. The average molecular weight is 364 g/mol. The summed E-state index contributed by atoms with van der Waals surface area (Å²) in [5, 5.41) is 9.12. The minimum Gasteiger partial charge on any atom is -0.478 e. The molecule has 0 aromatic heterocycles. The number of halogens is 4. The van der Waals surface area contributed by atoms with Crippen molar-refractivity contribution in [3.05, 3.63) is 56.2 Å². The number of benzene rings is 2. The van der Waals surface area contributed by atoms with Gasteiger partial charge in [0.2, 0.25) is 0 Å². The Bertz CT molecular complexity index is 674. The summed E-state index contributed by atoms with van der Waals surface area (Å²) in [4.78, 5) is 11.0. The smallest absolute Gasteiger partial charge is 0.335 e. The highest BCUT2D eigenvalue weighted by Crippen LogP contribution is 2.34. The first-order valence-corrected chi connectivity index (χ1v) is 6.63. The summed E-state index contributed by atoms with van der Waals surface area (Å²) in [6, 6.07) is 7.21. The third-order valence-corrected chi connectivity index (χ3v) is 3.97. The van der Waals surface area contributed by atoms with Crippen molar-refractivity contribution in [1.82, 2.24) is 0 Å². The van der Waals surface area contributed by atoms with Crippen LogP contribution in [0.3, 0.4) is 0 Å². The molecule has 0 radical (unpaired) electrons. The van der Waals surface area contributed by atoms with E-state index < -0.39 is 11.8 Å². The Morgan fingerprint density at radius 1 is 1.21 bits per heavy atom. The number of aromatic carboxylic acids is 1. The fourth-order valence-electron chi connectivity index (χ4n) is 1.62. The molecule has 0 saturated carbocycles. The van der Waals surface area contributed by atoms with E-state index in [4.69, 9.17) is 28.3 Å². The van der Waals surface area contributed by atoms with Gasteiger partial charge in [-0.1, -0.05) is 29.3 Å². The first-order valence-electron chi connectivity index (χ1n) is 5.08. The Kier molecular flexibility index (Phi) is 4.13. The van der Waals surface area contributed by atoms with Crippen LogP contribution in [-0.4, -0.2) is 11.1 Å². The number of rotatable bonds is 2. The zero-order valence-electron chi connectivity index (χ0n) is 9.25. The topological polar surface area (TPSA) is 37.3 Å². The van der Waals surface area contributed by atoms with Gasteiger partial charge in [-0.3, -0.25) is 0 Å². The lowest BCUT2D eigenvalue weighted by molar-refractivity contribution is 0.0697. The summed E-state index contributed by atoms with van der Waals surface area (Å²) in [5.41, 5.74) is 0.538. The average Bonchev–Trinajstić information content (AvgIpc) is 2.35. The minimum atomic E-state index is -1.13. The van der Waals surface area contributed by atoms with Crippen LogP contribution in [0.25, 0.3) is 11.1 Å². The van der Waals surface area contributed by atoms with Crippen LogP contribution in [0.4, 0.5) is 4.39 Å². The van der Waals surface area contributed by atoms with Gasteiger partial charge >= 0.3 is 5.97 Å². The van der Waals surface area contributed by atoms with E-state index >= 15 is 0 Å². The Hall–Kier alpha value is -1.10. The lowest BCUT2D eigenvalue weighted by atomic mass is 10.0.